The second kappa shape index (κ2) is 3.78. The van der Waals surface area contributed by atoms with Crippen molar-refractivity contribution >= 4 is 9.84 Å². The molecule has 3 nitrogen and oxygen atoms in total. The molecule has 2 rings (SSSR count). The summed E-state index contributed by atoms with van der Waals surface area (Å²) in [4.78, 5) is -0.0997. The van der Waals surface area contributed by atoms with Gasteiger partial charge in [-0.2, -0.15) is 0 Å². The van der Waals surface area contributed by atoms with Crippen LogP contribution in [0, 0.1) is 11.6 Å². The van der Waals surface area contributed by atoms with Crippen molar-refractivity contribution in [2.75, 3.05) is 12.3 Å². The summed E-state index contributed by atoms with van der Waals surface area (Å²) in [6.45, 7) is 2.39. The minimum absolute atomic E-state index is 0.0997. The third-order valence-corrected chi connectivity index (χ3v) is 4.40. The summed E-state index contributed by atoms with van der Waals surface area (Å²) in [5.41, 5.74) is 0.320. The standard InChI is InChI=1S/C10H11F2NO2S/c1-2-13-9-5-16(14,15)10-4-8(12)7(11)3-6(9)10/h3-4,9,13H,2,5H2,1H3. The Balaban J connectivity index is 2.59. The van der Waals surface area contributed by atoms with Crippen LogP contribution in [-0.4, -0.2) is 20.7 Å². The van der Waals surface area contributed by atoms with Crippen LogP contribution in [0.3, 0.4) is 0 Å². The highest BCUT2D eigenvalue weighted by atomic mass is 32.2. The second-order valence-corrected chi connectivity index (χ2v) is 5.70. The van der Waals surface area contributed by atoms with Crippen molar-refractivity contribution < 1.29 is 17.2 Å². The molecule has 1 aliphatic heterocycles. The summed E-state index contributed by atoms with van der Waals surface area (Å²) >= 11 is 0. The van der Waals surface area contributed by atoms with Crippen molar-refractivity contribution in [3.05, 3.63) is 29.3 Å². The molecule has 0 aromatic heterocycles. The van der Waals surface area contributed by atoms with Crippen molar-refractivity contribution in [3.63, 3.8) is 0 Å². The molecule has 0 amide bonds. The van der Waals surface area contributed by atoms with Crippen LogP contribution in [0.1, 0.15) is 18.5 Å². The zero-order chi connectivity index (χ0) is 11.9. The molecule has 0 spiro atoms. The Morgan fingerprint density at radius 3 is 2.62 bits per heavy atom. The van der Waals surface area contributed by atoms with Crippen molar-refractivity contribution in [3.8, 4) is 0 Å². The fraction of sp³-hybridized carbons (Fsp3) is 0.400. The molecular weight excluding hydrogens is 236 g/mol. The number of hydrogen-bond donors (Lipinski definition) is 1. The van der Waals surface area contributed by atoms with E-state index in [2.05, 4.69) is 5.32 Å². The number of hydrogen-bond acceptors (Lipinski definition) is 3. The normalized spacial score (nSPS) is 22.1. The van der Waals surface area contributed by atoms with Crippen LogP contribution < -0.4 is 5.32 Å². The molecule has 16 heavy (non-hydrogen) atoms. The van der Waals surface area contributed by atoms with Crippen LogP contribution in [0.2, 0.25) is 0 Å². The maximum absolute atomic E-state index is 13.0. The summed E-state index contributed by atoms with van der Waals surface area (Å²) in [6, 6.07) is 1.28. The first-order valence-corrected chi connectivity index (χ1v) is 6.56. The molecule has 1 N–H and O–H groups in total. The summed E-state index contributed by atoms with van der Waals surface area (Å²) in [5, 5.41) is 2.93. The van der Waals surface area contributed by atoms with E-state index in [0.717, 1.165) is 12.1 Å². The summed E-state index contributed by atoms with van der Waals surface area (Å²) in [6.07, 6.45) is 0. The van der Waals surface area contributed by atoms with Crippen LogP contribution in [-0.2, 0) is 9.84 Å². The molecule has 1 aliphatic rings. The minimum atomic E-state index is -3.49. The molecule has 0 bridgehead atoms. The van der Waals surface area contributed by atoms with Gasteiger partial charge in [-0.1, -0.05) is 6.92 Å². The summed E-state index contributed by atoms with van der Waals surface area (Å²) in [7, 11) is -3.49. The predicted molar refractivity (Wildman–Crippen MR) is 54.8 cm³/mol. The maximum Gasteiger partial charge on any atom is 0.180 e. The van der Waals surface area contributed by atoms with E-state index >= 15 is 0 Å². The second-order valence-electron chi connectivity index (χ2n) is 3.70. The van der Waals surface area contributed by atoms with E-state index in [1.807, 2.05) is 6.92 Å². The monoisotopic (exact) mass is 247 g/mol. The average molecular weight is 247 g/mol. The van der Waals surface area contributed by atoms with Gasteiger partial charge in [-0.15, -0.1) is 0 Å². The summed E-state index contributed by atoms with van der Waals surface area (Å²) < 4.78 is 49.4. The average Bonchev–Trinajstić information content (AvgIpc) is 2.41. The maximum atomic E-state index is 13.0. The van der Waals surface area contributed by atoms with Crippen molar-refractivity contribution in [2.24, 2.45) is 0 Å². The number of fused-ring (bicyclic) bond motifs is 1. The molecule has 88 valence electrons. The largest absolute Gasteiger partial charge is 0.309 e. The van der Waals surface area contributed by atoms with Gasteiger partial charge in [-0.25, -0.2) is 17.2 Å². The third kappa shape index (κ3) is 1.72. The van der Waals surface area contributed by atoms with Crippen molar-refractivity contribution in [1.29, 1.82) is 0 Å². The Labute approximate surface area is 92.4 Å². The van der Waals surface area contributed by atoms with Gasteiger partial charge in [-0.05, 0) is 24.2 Å². The fourth-order valence-corrected chi connectivity index (χ4v) is 3.66. The van der Waals surface area contributed by atoms with Gasteiger partial charge in [0, 0.05) is 6.04 Å². The first-order valence-electron chi connectivity index (χ1n) is 4.91. The van der Waals surface area contributed by atoms with Gasteiger partial charge in [0.15, 0.2) is 21.5 Å². The van der Waals surface area contributed by atoms with Crippen LogP contribution in [0.25, 0.3) is 0 Å². The van der Waals surface area contributed by atoms with Gasteiger partial charge in [-0.3, -0.25) is 0 Å². The fourth-order valence-electron chi connectivity index (χ4n) is 1.90. The lowest BCUT2D eigenvalue weighted by atomic mass is 10.1. The van der Waals surface area contributed by atoms with E-state index < -0.39 is 27.5 Å². The summed E-state index contributed by atoms with van der Waals surface area (Å²) in [5.74, 6) is -2.28. The van der Waals surface area contributed by atoms with Gasteiger partial charge in [0.25, 0.3) is 0 Å². The highest BCUT2D eigenvalue weighted by Crippen LogP contribution is 2.34. The molecule has 1 atom stereocenters. The number of nitrogens with one attached hydrogen (secondary N) is 1. The predicted octanol–water partition coefficient (Wildman–Crippen LogP) is 1.40. The first kappa shape index (κ1) is 11.5. The van der Waals surface area contributed by atoms with E-state index in [-0.39, 0.29) is 10.6 Å². The van der Waals surface area contributed by atoms with Gasteiger partial charge in [0.05, 0.1) is 10.6 Å². The molecule has 1 unspecified atom stereocenters. The molecule has 0 saturated heterocycles. The van der Waals surface area contributed by atoms with Crippen LogP contribution in [0.15, 0.2) is 17.0 Å². The molecule has 0 fully saturated rings. The Kier molecular flexibility index (Phi) is 2.71. The molecule has 1 heterocycles. The lowest BCUT2D eigenvalue weighted by Gasteiger charge is -2.10. The van der Waals surface area contributed by atoms with Gasteiger partial charge in [0.2, 0.25) is 0 Å². The first-order chi connectivity index (χ1) is 7.45. The topological polar surface area (TPSA) is 46.2 Å². The molecule has 1 aromatic carbocycles. The highest BCUT2D eigenvalue weighted by molar-refractivity contribution is 7.91. The Morgan fingerprint density at radius 2 is 2.00 bits per heavy atom. The van der Waals surface area contributed by atoms with E-state index in [9.17, 15) is 17.2 Å². The minimum Gasteiger partial charge on any atom is -0.309 e. The van der Waals surface area contributed by atoms with Crippen LogP contribution >= 0.6 is 0 Å². The molecular formula is C10H11F2NO2S. The molecule has 6 heteroatoms. The lowest BCUT2D eigenvalue weighted by Crippen LogP contribution is -2.22. The Morgan fingerprint density at radius 1 is 1.38 bits per heavy atom. The van der Waals surface area contributed by atoms with E-state index in [4.69, 9.17) is 0 Å². The Bertz CT molecular complexity index is 528. The number of benzene rings is 1. The van der Waals surface area contributed by atoms with Crippen LogP contribution in [0.4, 0.5) is 8.78 Å². The molecule has 0 radical (unpaired) electrons. The van der Waals surface area contributed by atoms with E-state index in [1.54, 1.807) is 0 Å². The smallest absolute Gasteiger partial charge is 0.180 e. The number of rotatable bonds is 2. The van der Waals surface area contributed by atoms with E-state index in [1.165, 1.54) is 0 Å². The van der Waals surface area contributed by atoms with Gasteiger partial charge < -0.3 is 5.32 Å². The lowest BCUT2D eigenvalue weighted by molar-refractivity contribution is 0.499. The van der Waals surface area contributed by atoms with Gasteiger partial charge in [0.1, 0.15) is 0 Å². The van der Waals surface area contributed by atoms with Crippen LogP contribution in [0.5, 0.6) is 0 Å². The van der Waals surface area contributed by atoms with Crippen molar-refractivity contribution in [1.82, 2.24) is 5.32 Å². The highest BCUT2D eigenvalue weighted by Gasteiger charge is 2.35. The zero-order valence-electron chi connectivity index (χ0n) is 8.63. The Hall–Kier alpha value is -1.01. The SMILES string of the molecule is CCNC1CS(=O)(=O)c2cc(F)c(F)cc21. The molecule has 0 aliphatic carbocycles. The number of halogens is 2. The molecule has 1 aromatic rings. The quantitative estimate of drug-likeness (QED) is 0.804. The van der Waals surface area contributed by atoms with E-state index in [0.29, 0.717) is 12.1 Å². The third-order valence-electron chi connectivity index (χ3n) is 2.60. The molecule has 0 saturated carbocycles. The van der Waals surface area contributed by atoms with Gasteiger partial charge >= 0.3 is 0 Å². The zero-order valence-corrected chi connectivity index (χ0v) is 9.44. The van der Waals surface area contributed by atoms with Crippen molar-refractivity contribution in [2.45, 2.75) is 17.9 Å². The number of sulfone groups is 1.